The quantitative estimate of drug-likeness (QED) is 0.280. The number of nitrogens with one attached hydrogen (secondary N) is 1. The van der Waals surface area contributed by atoms with Crippen molar-refractivity contribution in [1.82, 2.24) is 30.1 Å². The zero-order valence-corrected chi connectivity index (χ0v) is 22.9. The standard InChI is InChI=1S/C29H34N8O3/c1-19-8-9-21-18-25(29(38)30-26(21)20(19)2)27(28-31-32-33-36(28)23-6-4-3-5-7-23)35-16-14-34(15-17-35)22-10-12-24(13-11-22)37(39)40/h8-13,18,23,27H,3-7,14-17H2,1-2H3,(H,30,38)/t27-/m0/s1. The predicted octanol–water partition coefficient (Wildman–Crippen LogP) is 4.46. The summed E-state index contributed by atoms with van der Waals surface area (Å²) in [6.45, 7) is 6.87. The molecule has 0 unspecified atom stereocenters. The Balaban J connectivity index is 1.36. The first-order valence-electron chi connectivity index (χ1n) is 14.0. The van der Waals surface area contributed by atoms with Gasteiger partial charge in [-0.3, -0.25) is 19.8 Å². The molecule has 3 heterocycles. The molecule has 0 radical (unpaired) electrons. The van der Waals surface area contributed by atoms with Crippen molar-refractivity contribution in [3.8, 4) is 0 Å². The summed E-state index contributed by atoms with van der Waals surface area (Å²) in [5.74, 6) is 0.712. The first kappa shape index (κ1) is 26.1. The number of non-ortho nitro benzene ring substituents is 1. The van der Waals surface area contributed by atoms with Gasteiger partial charge in [0.15, 0.2) is 5.82 Å². The van der Waals surface area contributed by atoms with E-state index in [0.29, 0.717) is 37.6 Å². The average molecular weight is 543 g/mol. The number of tetrazole rings is 1. The molecule has 2 aromatic carbocycles. The number of pyridine rings is 1. The van der Waals surface area contributed by atoms with Gasteiger partial charge < -0.3 is 9.88 Å². The Bertz CT molecular complexity index is 1580. The molecule has 1 aliphatic heterocycles. The maximum atomic E-state index is 13.7. The van der Waals surface area contributed by atoms with Gasteiger partial charge in [0.2, 0.25) is 0 Å². The largest absolute Gasteiger partial charge is 0.369 e. The van der Waals surface area contributed by atoms with Crippen molar-refractivity contribution in [3.05, 3.63) is 85.4 Å². The molecule has 40 heavy (non-hydrogen) atoms. The van der Waals surface area contributed by atoms with E-state index in [-0.39, 0.29) is 22.2 Å². The van der Waals surface area contributed by atoms with E-state index in [1.54, 1.807) is 24.3 Å². The third kappa shape index (κ3) is 4.85. The van der Waals surface area contributed by atoms with Crippen LogP contribution < -0.4 is 10.5 Å². The monoisotopic (exact) mass is 542 g/mol. The molecule has 11 nitrogen and oxygen atoms in total. The molecule has 1 N–H and O–H groups in total. The Morgan fingerprint density at radius 2 is 1.73 bits per heavy atom. The number of hydrogen-bond acceptors (Lipinski definition) is 8. The van der Waals surface area contributed by atoms with Crippen LogP contribution in [0.25, 0.3) is 10.9 Å². The Morgan fingerprint density at radius 3 is 2.42 bits per heavy atom. The summed E-state index contributed by atoms with van der Waals surface area (Å²) in [5, 5.41) is 25.1. The number of nitrogens with zero attached hydrogens (tertiary/aromatic N) is 7. The molecule has 0 bridgehead atoms. The highest BCUT2D eigenvalue weighted by Gasteiger charge is 2.34. The highest BCUT2D eigenvalue weighted by molar-refractivity contribution is 5.83. The minimum Gasteiger partial charge on any atom is -0.369 e. The molecule has 208 valence electrons. The summed E-state index contributed by atoms with van der Waals surface area (Å²) in [6, 6.07) is 12.7. The maximum Gasteiger partial charge on any atom is 0.269 e. The third-order valence-corrected chi connectivity index (χ3v) is 8.66. The SMILES string of the molecule is Cc1ccc2cc([C@@H](c3nnnn3C3CCCCC3)N3CCN(c4ccc([N+](=O)[O-])cc4)CC3)c(=O)[nH]c2c1C. The van der Waals surface area contributed by atoms with E-state index in [4.69, 9.17) is 0 Å². The Labute approximate surface area is 231 Å². The van der Waals surface area contributed by atoms with Crippen LogP contribution in [0.4, 0.5) is 11.4 Å². The molecule has 1 atom stereocenters. The van der Waals surface area contributed by atoms with Gasteiger partial charge in [0.25, 0.3) is 11.2 Å². The lowest BCUT2D eigenvalue weighted by atomic mass is 9.94. The van der Waals surface area contributed by atoms with Crippen LogP contribution in [-0.2, 0) is 0 Å². The van der Waals surface area contributed by atoms with E-state index in [1.165, 1.54) is 6.42 Å². The van der Waals surface area contributed by atoms with Crippen molar-refractivity contribution in [1.29, 1.82) is 0 Å². The molecule has 2 fully saturated rings. The molecule has 2 aliphatic rings. The number of aromatic nitrogens is 5. The molecule has 1 saturated carbocycles. The molecule has 2 aromatic heterocycles. The van der Waals surface area contributed by atoms with Gasteiger partial charge in [0.05, 0.1) is 16.5 Å². The number of fused-ring (bicyclic) bond motifs is 1. The Morgan fingerprint density at radius 1 is 1.00 bits per heavy atom. The fourth-order valence-corrected chi connectivity index (χ4v) is 6.23. The molecule has 6 rings (SSSR count). The van der Waals surface area contributed by atoms with E-state index in [9.17, 15) is 14.9 Å². The van der Waals surface area contributed by atoms with Crippen LogP contribution in [0, 0.1) is 24.0 Å². The topological polar surface area (TPSA) is 126 Å². The second-order valence-corrected chi connectivity index (χ2v) is 11.0. The minimum absolute atomic E-state index is 0.0814. The summed E-state index contributed by atoms with van der Waals surface area (Å²) >= 11 is 0. The Kier molecular flexibility index (Phi) is 7.05. The van der Waals surface area contributed by atoms with Crippen LogP contribution in [0.15, 0.2) is 47.3 Å². The minimum atomic E-state index is -0.398. The van der Waals surface area contributed by atoms with Crippen molar-refractivity contribution in [2.75, 3.05) is 31.1 Å². The number of hydrogen-bond donors (Lipinski definition) is 1. The summed E-state index contributed by atoms with van der Waals surface area (Å²) < 4.78 is 1.97. The zero-order valence-electron chi connectivity index (χ0n) is 22.9. The highest BCUT2D eigenvalue weighted by atomic mass is 16.6. The van der Waals surface area contributed by atoms with Gasteiger partial charge in [-0.05, 0) is 71.8 Å². The average Bonchev–Trinajstić information content (AvgIpc) is 3.46. The van der Waals surface area contributed by atoms with Gasteiger partial charge in [-0.2, -0.15) is 0 Å². The molecule has 1 saturated heterocycles. The lowest BCUT2D eigenvalue weighted by Gasteiger charge is -2.40. The molecular weight excluding hydrogens is 508 g/mol. The van der Waals surface area contributed by atoms with Gasteiger partial charge in [-0.25, -0.2) is 4.68 Å². The van der Waals surface area contributed by atoms with Crippen molar-refractivity contribution in [2.24, 2.45) is 0 Å². The van der Waals surface area contributed by atoms with Crippen LogP contribution >= 0.6 is 0 Å². The fourth-order valence-electron chi connectivity index (χ4n) is 6.23. The molecule has 0 amide bonds. The van der Waals surface area contributed by atoms with Crippen molar-refractivity contribution >= 4 is 22.3 Å². The number of rotatable bonds is 6. The van der Waals surface area contributed by atoms with E-state index in [1.807, 2.05) is 24.6 Å². The van der Waals surface area contributed by atoms with E-state index in [0.717, 1.165) is 53.4 Å². The summed E-state index contributed by atoms with van der Waals surface area (Å²) in [5.41, 5.74) is 4.62. The third-order valence-electron chi connectivity index (χ3n) is 8.66. The van der Waals surface area contributed by atoms with Crippen LogP contribution in [0.5, 0.6) is 0 Å². The van der Waals surface area contributed by atoms with Gasteiger partial charge in [-0.1, -0.05) is 31.4 Å². The summed E-state index contributed by atoms with van der Waals surface area (Å²) in [6.07, 6.45) is 5.59. The zero-order chi connectivity index (χ0) is 27.8. The first-order valence-corrected chi connectivity index (χ1v) is 14.0. The number of aryl methyl sites for hydroxylation is 2. The van der Waals surface area contributed by atoms with Gasteiger partial charge in [0, 0.05) is 49.6 Å². The number of aromatic amines is 1. The fraction of sp³-hybridized carbons (Fsp3) is 0.448. The summed E-state index contributed by atoms with van der Waals surface area (Å²) in [4.78, 5) is 32.1. The number of benzene rings is 2. The van der Waals surface area contributed by atoms with Crippen molar-refractivity contribution in [2.45, 2.75) is 58.0 Å². The maximum absolute atomic E-state index is 13.7. The lowest BCUT2D eigenvalue weighted by Crippen LogP contribution is -2.49. The molecule has 0 spiro atoms. The van der Waals surface area contributed by atoms with E-state index >= 15 is 0 Å². The van der Waals surface area contributed by atoms with Crippen LogP contribution in [0.1, 0.15) is 66.7 Å². The molecule has 4 aromatic rings. The van der Waals surface area contributed by atoms with E-state index < -0.39 is 6.04 Å². The first-order chi connectivity index (χ1) is 19.4. The number of H-pyrrole nitrogens is 1. The van der Waals surface area contributed by atoms with E-state index in [2.05, 4.69) is 42.4 Å². The number of nitro groups is 1. The smallest absolute Gasteiger partial charge is 0.269 e. The summed E-state index contributed by atoms with van der Waals surface area (Å²) in [7, 11) is 0. The van der Waals surface area contributed by atoms with Crippen molar-refractivity contribution in [3.63, 3.8) is 0 Å². The molecule has 11 heteroatoms. The normalized spacial score (nSPS) is 17.8. The molecular formula is C29H34N8O3. The second kappa shape index (κ2) is 10.8. The van der Waals surface area contributed by atoms with Crippen LogP contribution in [0.2, 0.25) is 0 Å². The molecule has 1 aliphatic carbocycles. The lowest BCUT2D eigenvalue weighted by molar-refractivity contribution is -0.384. The van der Waals surface area contributed by atoms with Gasteiger partial charge >= 0.3 is 0 Å². The van der Waals surface area contributed by atoms with Gasteiger partial charge in [-0.15, -0.1) is 5.10 Å². The number of nitro benzene ring substituents is 1. The number of anilines is 1. The predicted molar refractivity (Wildman–Crippen MR) is 153 cm³/mol. The van der Waals surface area contributed by atoms with Crippen LogP contribution in [-0.4, -0.2) is 61.2 Å². The Hall–Kier alpha value is -4.12. The van der Waals surface area contributed by atoms with Gasteiger partial charge in [0.1, 0.15) is 6.04 Å². The van der Waals surface area contributed by atoms with Crippen LogP contribution in [0.3, 0.4) is 0 Å². The highest BCUT2D eigenvalue weighted by Crippen LogP contribution is 2.34. The van der Waals surface area contributed by atoms with Crippen molar-refractivity contribution < 1.29 is 4.92 Å². The number of piperazine rings is 1. The second-order valence-electron chi connectivity index (χ2n) is 11.0.